The number of rotatable bonds is 5. The highest BCUT2D eigenvalue weighted by atomic mass is 19.1. The second-order valence-electron chi connectivity index (χ2n) is 5.64. The summed E-state index contributed by atoms with van der Waals surface area (Å²) in [5, 5.41) is 0. The Morgan fingerprint density at radius 3 is 2.60 bits per heavy atom. The molecule has 0 aliphatic heterocycles. The summed E-state index contributed by atoms with van der Waals surface area (Å²) < 4.78 is 13.9. The predicted molar refractivity (Wildman–Crippen MR) is 80.0 cm³/mol. The maximum Gasteiger partial charge on any atom is 0.132 e. The molecule has 0 amide bonds. The average Bonchev–Trinajstić information content (AvgIpc) is 2.78. The molecule has 3 N–H and O–H groups in total. The lowest BCUT2D eigenvalue weighted by molar-refractivity contribution is 0.490. The summed E-state index contributed by atoms with van der Waals surface area (Å²) in [6.45, 7) is 6.79. The Hall–Kier alpha value is -1.68. The van der Waals surface area contributed by atoms with E-state index < -0.39 is 0 Å². The summed E-state index contributed by atoms with van der Waals surface area (Å²) in [4.78, 5) is 7.86. The fraction of sp³-hybridized carbons (Fsp3) is 0.438. The first-order valence-electron chi connectivity index (χ1n) is 7.04. The van der Waals surface area contributed by atoms with E-state index in [0.29, 0.717) is 23.7 Å². The monoisotopic (exact) mass is 275 g/mol. The molecule has 0 aliphatic rings. The highest BCUT2D eigenvalue weighted by Gasteiger charge is 2.19. The Morgan fingerprint density at radius 2 is 2.00 bits per heavy atom. The van der Waals surface area contributed by atoms with Gasteiger partial charge in [-0.25, -0.2) is 9.37 Å². The van der Waals surface area contributed by atoms with E-state index in [1.807, 2.05) is 13.0 Å². The van der Waals surface area contributed by atoms with Crippen molar-refractivity contribution in [2.75, 3.05) is 6.54 Å². The van der Waals surface area contributed by atoms with Gasteiger partial charge in [-0.15, -0.1) is 0 Å². The Labute approximate surface area is 119 Å². The molecule has 0 aliphatic carbocycles. The third-order valence-corrected chi connectivity index (χ3v) is 3.46. The molecule has 0 bridgehead atoms. The quantitative estimate of drug-likeness (QED) is 0.875. The van der Waals surface area contributed by atoms with Gasteiger partial charge >= 0.3 is 0 Å². The first-order valence-corrected chi connectivity index (χ1v) is 7.04. The first-order chi connectivity index (χ1) is 9.52. The van der Waals surface area contributed by atoms with Crippen LogP contribution in [-0.2, 0) is 0 Å². The van der Waals surface area contributed by atoms with Gasteiger partial charge in [0.05, 0.1) is 5.69 Å². The number of benzene rings is 1. The van der Waals surface area contributed by atoms with E-state index in [1.54, 1.807) is 12.1 Å². The van der Waals surface area contributed by atoms with Gasteiger partial charge in [0.1, 0.15) is 11.6 Å². The van der Waals surface area contributed by atoms with E-state index in [0.717, 1.165) is 17.9 Å². The van der Waals surface area contributed by atoms with Crippen LogP contribution in [0, 0.1) is 18.7 Å². The van der Waals surface area contributed by atoms with Crippen molar-refractivity contribution in [3.8, 4) is 11.3 Å². The molecule has 1 unspecified atom stereocenters. The zero-order chi connectivity index (χ0) is 14.7. The Balaban J connectivity index is 2.37. The fourth-order valence-electron chi connectivity index (χ4n) is 2.48. The number of nitrogens with two attached hydrogens (primary N) is 1. The minimum absolute atomic E-state index is 0.189. The summed E-state index contributed by atoms with van der Waals surface area (Å²) in [6, 6.07) is 6.71. The lowest BCUT2D eigenvalue weighted by Gasteiger charge is -2.14. The number of nitrogens with zero attached hydrogens (tertiary/aromatic N) is 1. The molecule has 108 valence electrons. The Morgan fingerprint density at radius 1 is 1.30 bits per heavy atom. The lowest BCUT2D eigenvalue weighted by Crippen LogP contribution is -2.16. The van der Waals surface area contributed by atoms with Crippen molar-refractivity contribution < 1.29 is 4.39 Å². The molecular weight excluding hydrogens is 253 g/mol. The van der Waals surface area contributed by atoms with Crippen molar-refractivity contribution in [1.29, 1.82) is 0 Å². The molecule has 20 heavy (non-hydrogen) atoms. The van der Waals surface area contributed by atoms with Crippen LogP contribution in [0.1, 0.15) is 37.7 Å². The van der Waals surface area contributed by atoms with Crippen molar-refractivity contribution in [3.05, 3.63) is 41.6 Å². The molecular formula is C16H22FN3. The molecule has 2 aromatic rings. The normalized spacial score (nSPS) is 12.9. The van der Waals surface area contributed by atoms with Crippen LogP contribution in [0.4, 0.5) is 4.39 Å². The molecule has 1 aromatic heterocycles. The van der Waals surface area contributed by atoms with Gasteiger partial charge in [-0.3, -0.25) is 0 Å². The van der Waals surface area contributed by atoms with Crippen LogP contribution < -0.4 is 5.73 Å². The number of imidazole rings is 1. The minimum atomic E-state index is -0.248. The van der Waals surface area contributed by atoms with E-state index in [9.17, 15) is 4.39 Å². The molecule has 3 nitrogen and oxygen atoms in total. The zero-order valence-corrected chi connectivity index (χ0v) is 12.3. The SMILES string of the molecule is Cc1[nH]c(C(CN)CC(C)C)nc1-c1ccccc1F. The molecule has 0 spiro atoms. The molecule has 1 atom stereocenters. The van der Waals surface area contributed by atoms with Gasteiger partial charge in [-0.1, -0.05) is 26.0 Å². The Kier molecular flexibility index (Phi) is 4.55. The number of aromatic amines is 1. The van der Waals surface area contributed by atoms with Crippen LogP contribution in [0.5, 0.6) is 0 Å². The molecule has 2 rings (SSSR count). The summed E-state index contributed by atoms with van der Waals surface area (Å²) in [6.07, 6.45) is 0.972. The number of H-pyrrole nitrogens is 1. The summed E-state index contributed by atoms with van der Waals surface area (Å²) in [5.41, 5.74) is 7.94. The molecule has 1 heterocycles. The van der Waals surface area contributed by atoms with Crippen molar-refractivity contribution in [1.82, 2.24) is 9.97 Å². The van der Waals surface area contributed by atoms with Crippen LogP contribution in [0.25, 0.3) is 11.3 Å². The summed E-state index contributed by atoms with van der Waals surface area (Å²) >= 11 is 0. The van der Waals surface area contributed by atoms with Crippen LogP contribution in [0.15, 0.2) is 24.3 Å². The molecule has 0 fully saturated rings. The van der Waals surface area contributed by atoms with Crippen LogP contribution >= 0.6 is 0 Å². The highest BCUT2D eigenvalue weighted by Crippen LogP contribution is 2.28. The largest absolute Gasteiger partial charge is 0.345 e. The van der Waals surface area contributed by atoms with Gasteiger partial charge in [-0.2, -0.15) is 0 Å². The van der Waals surface area contributed by atoms with Crippen LogP contribution in [0.3, 0.4) is 0 Å². The number of aryl methyl sites for hydroxylation is 1. The van der Waals surface area contributed by atoms with Gasteiger partial charge in [-0.05, 0) is 31.4 Å². The minimum Gasteiger partial charge on any atom is -0.345 e. The number of hydrogen-bond donors (Lipinski definition) is 2. The molecule has 4 heteroatoms. The standard InChI is InChI=1S/C16H22FN3/c1-10(2)8-12(9-18)16-19-11(3)15(20-16)13-6-4-5-7-14(13)17/h4-7,10,12H,8-9,18H2,1-3H3,(H,19,20). The number of nitrogens with one attached hydrogen (secondary N) is 1. The maximum atomic E-state index is 13.9. The third-order valence-electron chi connectivity index (χ3n) is 3.46. The van der Waals surface area contributed by atoms with Gasteiger partial charge < -0.3 is 10.7 Å². The van der Waals surface area contributed by atoms with E-state index in [2.05, 4.69) is 23.8 Å². The number of aromatic nitrogens is 2. The molecule has 0 saturated carbocycles. The van der Waals surface area contributed by atoms with Crippen LogP contribution in [0.2, 0.25) is 0 Å². The predicted octanol–water partition coefficient (Wildman–Crippen LogP) is 3.61. The first kappa shape index (κ1) is 14.7. The van der Waals surface area contributed by atoms with Gasteiger partial charge in [0.2, 0.25) is 0 Å². The second-order valence-corrected chi connectivity index (χ2v) is 5.64. The van der Waals surface area contributed by atoms with Crippen molar-refractivity contribution in [2.45, 2.75) is 33.1 Å². The van der Waals surface area contributed by atoms with E-state index in [-0.39, 0.29) is 11.7 Å². The van der Waals surface area contributed by atoms with Gasteiger partial charge in [0.15, 0.2) is 0 Å². The summed E-state index contributed by atoms with van der Waals surface area (Å²) in [7, 11) is 0. The lowest BCUT2D eigenvalue weighted by atomic mass is 9.97. The fourth-order valence-corrected chi connectivity index (χ4v) is 2.48. The van der Waals surface area contributed by atoms with E-state index in [1.165, 1.54) is 6.07 Å². The molecule has 1 aromatic carbocycles. The van der Waals surface area contributed by atoms with Crippen molar-refractivity contribution in [3.63, 3.8) is 0 Å². The summed E-state index contributed by atoms with van der Waals surface area (Å²) in [5.74, 6) is 1.35. The number of hydrogen-bond acceptors (Lipinski definition) is 2. The van der Waals surface area contributed by atoms with E-state index in [4.69, 9.17) is 5.73 Å². The maximum absolute atomic E-state index is 13.9. The van der Waals surface area contributed by atoms with Crippen molar-refractivity contribution in [2.24, 2.45) is 11.7 Å². The smallest absolute Gasteiger partial charge is 0.132 e. The van der Waals surface area contributed by atoms with Gasteiger partial charge in [0.25, 0.3) is 0 Å². The van der Waals surface area contributed by atoms with E-state index >= 15 is 0 Å². The molecule has 0 saturated heterocycles. The van der Waals surface area contributed by atoms with Crippen molar-refractivity contribution >= 4 is 0 Å². The highest BCUT2D eigenvalue weighted by molar-refractivity contribution is 5.62. The average molecular weight is 275 g/mol. The Bertz CT molecular complexity index is 575. The molecule has 0 radical (unpaired) electrons. The number of halogens is 1. The van der Waals surface area contributed by atoms with Gasteiger partial charge in [0, 0.05) is 23.7 Å². The second kappa shape index (κ2) is 6.18. The third kappa shape index (κ3) is 3.07. The zero-order valence-electron chi connectivity index (χ0n) is 12.3. The topological polar surface area (TPSA) is 54.7 Å². The van der Waals surface area contributed by atoms with Crippen LogP contribution in [-0.4, -0.2) is 16.5 Å².